The quantitative estimate of drug-likeness (QED) is 0.451. The Hall–Kier alpha value is -3.46. The van der Waals surface area contributed by atoms with Gasteiger partial charge < -0.3 is 10.6 Å². The Morgan fingerprint density at radius 2 is 1.64 bits per heavy atom. The molecule has 3 aromatic rings. The Morgan fingerprint density at radius 3 is 2.33 bits per heavy atom. The second-order valence-electron chi connectivity index (χ2n) is 8.07. The molecule has 8 nitrogen and oxygen atoms in total. The van der Waals surface area contributed by atoms with Gasteiger partial charge in [0.2, 0.25) is 11.8 Å². The van der Waals surface area contributed by atoms with Crippen molar-refractivity contribution in [3.8, 4) is 11.3 Å². The molecule has 0 saturated heterocycles. The van der Waals surface area contributed by atoms with Crippen LogP contribution in [-0.2, 0) is 9.59 Å². The fourth-order valence-electron chi connectivity index (χ4n) is 2.95. The normalized spacial score (nSPS) is 11.8. The summed E-state index contributed by atoms with van der Waals surface area (Å²) in [4.78, 5) is 40.2. The van der Waals surface area contributed by atoms with Crippen LogP contribution in [-0.4, -0.2) is 32.2 Å². The third kappa shape index (κ3) is 6.07. The largest absolute Gasteiger partial charge is 0.325 e. The summed E-state index contributed by atoms with van der Waals surface area (Å²) in [5.41, 5.74) is 3.35. The number of carbonyl (C=O) groups is 2. The van der Waals surface area contributed by atoms with Crippen molar-refractivity contribution >= 4 is 35.0 Å². The third-order valence-electron chi connectivity index (χ3n) is 4.95. The summed E-state index contributed by atoms with van der Waals surface area (Å²) < 4.78 is 0. The van der Waals surface area contributed by atoms with E-state index in [4.69, 9.17) is 0 Å². The number of anilines is 2. The molecule has 33 heavy (non-hydrogen) atoms. The first-order valence-corrected chi connectivity index (χ1v) is 11.5. The summed E-state index contributed by atoms with van der Waals surface area (Å²) in [7, 11) is 0. The molecule has 0 unspecified atom stereocenters. The van der Waals surface area contributed by atoms with Gasteiger partial charge in [0.15, 0.2) is 10.9 Å². The van der Waals surface area contributed by atoms with E-state index in [2.05, 4.69) is 25.8 Å². The van der Waals surface area contributed by atoms with Crippen LogP contribution < -0.4 is 16.2 Å². The molecule has 0 aliphatic carbocycles. The van der Waals surface area contributed by atoms with Gasteiger partial charge in [-0.2, -0.15) is 0 Å². The fourth-order valence-corrected chi connectivity index (χ4v) is 3.69. The van der Waals surface area contributed by atoms with E-state index in [1.54, 1.807) is 45.0 Å². The molecule has 0 bridgehead atoms. The summed E-state index contributed by atoms with van der Waals surface area (Å²) in [6.07, 6.45) is 0. The highest BCUT2D eigenvalue weighted by Crippen LogP contribution is 2.26. The Balaban J connectivity index is 1.76. The van der Waals surface area contributed by atoms with Crippen molar-refractivity contribution in [1.82, 2.24) is 15.2 Å². The molecule has 1 heterocycles. The summed E-state index contributed by atoms with van der Waals surface area (Å²) >= 11 is 1.11. The number of carbonyl (C=O) groups excluding carboxylic acids is 2. The molecule has 0 aliphatic heterocycles. The lowest BCUT2D eigenvalue weighted by molar-refractivity contribution is -0.119. The Kier molecular flexibility index (Phi) is 7.65. The second-order valence-corrected chi connectivity index (χ2v) is 9.39. The van der Waals surface area contributed by atoms with Crippen molar-refractivity contribution < 1.29 is 9.59 Å². The van der Waals surface area contributed by atoms with Gasteiger partial charge in [0.05, 0.1) is 10.9 Å². The van der Waals surface area contributed by atoms with Gasteiger partial charge in [-0.05, 0) is 44.0 Å². The molecule has 2 aromatic carbocycles. The van der Waals surface area contributed by atoms with Crippen molar-refractivity contribution in [2.45, 2.75) is 45.0 Å². The van der Waals surface area contributed by atoms with Gasteiger partial charge in [0.25, 0.3) is 5.56 Å². The van der Waals surface area contributed by atoms with Crippen molar-refractivity contribution in [3.63, 3.8) is 0 Å². The molecule has 0 saturated carbocycles. The summed E-state index contributed by atoms with van der Waals surface area (Å²) in [5.74, 6) is -0.581. The van der Waals surface area contributed by atoms with Gasteiger partial charge in [-0.1, -0.05) is 55.9 Å². The minimum Gasteiger partial charge on any atom is -0.325 e. The van der Waals surface area contributed by atoms with Crippen LogP contribution in [0.15, 0.2) is 52.4 Å². The Morgan fingerprint density at radius 1 is 0.939 bits per heavy atom. The SMILES string of the molecule is Cc1ccc(C)c(NC(=O)[C@@H](C)Sc2nnc(-c3ccccc3NC(=O)C(C)C)c(=O)[nH]2)c1. The number of nitrogens with zero attached hydrogens (tertiary/aromatic N) is 2. The van der Waals surface area contributed by atoms with Gasteiger partial charge in [-0.25, -0.2) is 0 Å². The van der Waals surface area contributed by atoms with E-state index in [1.165, 1.54) is 0 Å². The Labute approximate surface area is 196 Å². The zero-order valence-electron chi connectivity index (χ0n) is 19.2. The predicted octanol–water partition coefficient (Wildman–Crippen LogP) is 4.16. The maximum Gasteiger partial charge on any atom is 0.278 e. The van der Waals surface area contributed by atoms with Gasteiger partial charge >= 0.3 is 0 Å². The maximum absolute atomic E-state index is 12.8. The lowest BCUT2D eigenvalue weighted by Crippen LogP contribution is -2.24. The first-order valence-electron chi connectivity index (χ1n) is 10.6. The van der Waals surface area contributed by atoms with E-state index in [-0.39, 0.29) is 28.6 Å². The minimum atomic E-state index is -0.515. The molecule has 9 heteroatoms. The number of benzene rings is 2. The fraction of sp³-hybridized carbons (Fsp3) is 0.292. The van der Waals surface area contributed by atoms with Crippen molar-refractivity contribution in [3.05, 3.63) is 63.9 Å². The molecule has 3 rings (SSSR count). The lowest BCUT2D eigenvalue weighted by Gasteiger charge is -2.14. The van der Waals surface area contributed by atoms with Crippen LogP contribution in [0.5, 0.6) is 0 Å². The number of aromatic amines is 1. The number of para-hydroxylation sites is 1. The van der Waals surface area contributed by atoms with Crippen molar-refractivity contribution in [2.75, 3.05) is 10.6 Å². The van der Waals surface area contributed by atoms with Crippen LogP contribution in [0, 0.1) is 19.8 Å². The van der Waals surface area contributed by atoms with E-state index in [9.17, 15) is 14.4 Å². The first-order chi connectivity index (χ1) is 15.7. The summed E-state index contributed by atoms with van der Waals surface area (Å²) in [6, 6.07) is 12.8. The van der Waals surface area contributed by atoms with E-state index in [0.717, 1.165) is 28.6 Å². The number of rotatable bonds is 7. The third-order valence-corrected chi connectivity index (χ3v) is 5.92. The van der Waals surface area contributed by atoms with E-state index >= 15 is 0 Å². The highest BCUT2D eigenvalue weighted by atomic mass is 32.2. The zero-order valence-corrected chi connectivity index (χ0v) is 20.0. The number of amides is 2. The molecular weight excluding hydrogens is 438 g/mol. The summed E-state index contributed by atoms with van der Waals surface area (Å²) in [6.45, 7) is 9.19. The number of aromatic nitrogens is 3. The highest BCUT2D eigenvalue weighted by molar-refractivity contribution is 8.00. The van der Waals surface area contributed by atoms with E-state index in [0.29, 0.717) is 11.3 Å². The van der Waals surface area contributed by atoms with Gasteiger partial charge in [0.1, 0.15) is 0 Å². The van der Waals surface area contributed by atoms with Crippen molar-refractivity contribution in [1.29, 1.82) is 0 Å². The average molecular weight is 466 g/mol. The molecule has 1 atom stereocenters. The molecule has 2 amide bonds. The van der Waals surface area contributed by atoms with Gasteiger partial charge in [0, 0.05) is 17.2 Å². The van der Waals surface area contributed by atoms with E-state index in [1.807, 2.05) is 32.0 Å². The van der Waals surface area contributed by atoms with Crippen molar-refractivity contribution in [2.24, 2.45) is 5.92 Å². The number of hydrogen-bond donors (Lipinski definition) is 3. The monoisotopic (exact) mass is 465 g/mol. The molecular formula is C24H27N5O3S. The van der Waals surface area contributed by atoms with Crippen LogP contribution in [0.1, 0.15) is 31.9 Å². The van der Waals surface area contributed by atoms with Gasteiger partial charge in [-0.15, -0.1) is 10.2 Å². The second kappa shape index (κ2) is 10.4. The average Bonchev–Trinajstić information content (AvgIpc) is 2.77. The zero-order chi connectivity index (χ0) is 24.1. The van der Waals surface area contributed by atoms with Crippen LogP contribution in [0.3, 0.4) is 0 Å². The van der Waals surface area contributed by atoms with Crippen LogP contribution in [0.4, 0.5) is 11.4 Å². The molecule has 3 N–H and O–H groups in total. The number of thioether (sulfide) groups is 1. The van der Waals surface area contributed by atoms with E-state index < -0.39 is 10.8 Å². The minimum absolute atomic E-state index is 0.0893. The maximum atomic E-state index is 12.8. The van der Waals surface area contributed by atoms with Gasteiger partial charge in [-0.3, -0.25) is 19.4 Å². The molecule has 0 radical (unpaired) electrons. The number of nitrogens with one attached hydrogen (secondary N) is 3. The topological polar surface area (TPSA) is 117 Å². The molecule has 0 spiro atoms. The number of hydrogen-bond acceptors (Lipinski definition) is 6. The summed E-state index contributed by atoms with van der Waals surface area (Å²) in [5, 5.41) is 13.6. The molecule has 0 aliphatic rings. The number of aryl methyl sites for hydroxylation is 2. The predicted molar refractivity (Wildman–Crippen MR) is 131 cm³/mol. The standard InChI is InChI=1S/C24H27N5O3S/c1-13(2)21(30)25-18-9-7-6-8-17(18)20-23(32)27-24(29-28-20)33-16(5)22(31)26-19-12-14(3)10-11-15(19)4/h6-13,16H,1-5H3,(H,25,30)(H,26,31)(H,27,29,32)/t16-/m1/s1. The highest BCUT2D eigenvalue weighted by Gasteiger charge is 2.19. The Bertz CT molecular complexity index is 1240. The molecule has 172 valence electrons. The smallest absolute Gasteiger partial charge is 0.278 e. The molecule has 0 fully saturated rings. The molecule has 1 aromatic heterocycles. The first kappa shape index (κ1) is 24.2. The van der Waals surface area contributed by atoms with Crippen LogP contribution >= 0.6 is 11.8 Å². The van der Waals surface area contributed by atoms with Crippen LogP contribution in [0.25, 0.3) is 11.3 Å². The lowest BCUT2D eigenvalue weighted by atomic mass is 10.1. The van der Waals surface area contributed by atoms with Crippen LogP contribution in [0.2, 0.25) is 0 Å². The number of H-pyrrole nitrogens is 1.